The van der Waals surface area contributed by atoms with Gasteiger partial charge in [-0.05, 0) is 91.5 Å². The highest BCUT2D eigenvalue weighted by atomic mass is 79.9. The molecule has 0 fully saturated rings. The highest BCUT2D eigenvalue weighted by molar-refractivity contribution is 9.10. The maximum absolute atomic E-state index is 5.41. The molecule has 0 amide bonds. The lowest BCUT2D eigenvalue weighted by Crippen LogP contribution is -2.20. The SMILES string of the molecule is COc1ccc(C(C)(C)c2cccc(-n3c4ccc(C(C)(C)C)cc4c4cc(C(C)(C)C)ccc43)c2Br)cc1. The number of aromatic nitrogens is 1. The smallest absolute Gasteiger partial charge is 0.118 e. The molecule has 0 radical (unpaired) electrons. The molecule has 0 spiro atoms. The lowest BCUT2D eigenvalue weighted by molar-refractivity contribution is 0.414. The minimum atomic E-state index is -0.210. The van der Waals surface area contributed by atoms with Gasteiger partial charge in [-0.15, -0.1) is 0 Å². The topological polar surface area (TPSA) is 14.2 Å². The highest BCUT2D eigenvalue weighted by Crippen LogP contribution is 2.43. The second-order valence-corrected chi connectivity index (χ2v) is 14.1. The Hall–Kier alpha value is -3.04. The Bertz CT molecular complexity index is 1600. The summed E-state index contributed by atoms with van der Waals surface area (Å²) in [5.41, 5.74) is 8.74. The molecule has 0 saturated carbocycles. The van der Waals surface area contributed by atoms with E-state index in [1.807, 2.05) is 12.1 Å². The number of rotatable bonds is 4. The van der Waals surface area contributed by atoms with Crippen molar-refractivity contribution < 1.29 is 4.74 Å². The summed E-state index contributed by atoms with van der Waals surface area (Å²) >= 11 is 4.08. The van der Waals surface area contributed by atoms with Crippen LogP contribution in [0.3, 0.4) is 0 Å². The fourth-order valence-corrected chi connectivity index (χ4v) is 6.49. The first kappa shape index (κ1) is 27.5. The monoisotopic (exact) mass is 581 g/mol. The molecule has 3 heteroatoms. The Labute approximate surface area is 242 Å². The molecule has 0 aliphatic carbocycles. The van der Waals surface area contributed by atoms with Crippen LogP contribution < -0.4 is 4.74 Å². The molecule has 0 aliphatic rings. The summed E-state index contributed by atoms with van der Waals surface area (Å²) in [6.07, 6.45) is 0. The zero-order valence-electron chi connectivity index (χ0n) is 24.7. The van der Waals surface area contributed by atoms with Crippen molar-refractivity contribution in [2.45, 2.75) is 71.6 Å². The zero-order chi connectivity index (χ0) is 28.3. The van der Waals surface area contributed by atoms with Crippen LogP contribution in [0.15, 0.2) is 83.3 Å². The molecule has 2 nitrogen and oxygen atoms in total. The van der Waals surface area contributed by atoms with Crippen LogP contribution in [0.5, 0.6) is 5.75 Å². The van der Waals surface area contributed by atoms with Crippen LogP contribution >= 0.6 is 15.9 Å². The van der Waals surface area contributed by atoms with E-state index in [2.05, 4.69) is 143 Å². The van der Waals surface area contributed by atoms with Crippen molar-refractivity contribution in [3.8, 4) is 11.4 Å². The van der Waals surface area contributed by atoms with Crippen molar-refractivity contribution in [1.82, 2.24) is 4.57 Å². The largest absolute Gasteiger partial charge is 0.497 e. The van der Waals surface area contributed by atoms with Gasteiger partial charge in [-0.25, -0.2) is 0 Å². The van der Waals surface area contributed by atoms with Crippen LogP contribution in [0.4, 0.5) is 0 Å². The molecular formula is C36H40BrNO. The number of nitrogens with zero attached hydrogens (tertiary/aromatic N) is 1. The van der Waals surface area contributed by atoms with Crippen LogP contribution in [0.25, 0.3) is 27.5 Å². The Morgan fingerprint density at radius 2 is 1.10 bits per heavy atom. The van der Waals surface area contributed by atoms with Crippen molar-refractivity contribution in [3.05, 3.63) is 106 Å². The Morgan fingerprint density at radius 3 is 1.56 bits per heavy atom. The van der Waals surface area contributed by atoms with Crippen molar-refractivity contribution >= 4 is 37.7 Å². The van der Waals surface area contributed by atoms with E-state index in [1.165, 1.54) is 44.1 Å². The Kier molecular flexibility index (Phi) is 6.74. The normalized spacial score (nSPS) is 12.9. The van der Waals surface area contributed by atoms with Crippen LogP contribution in [-0.4, -0.2) is 11.7 Å². The molecule has 0 N–H and O–H groups in total. The number of halogens is 1. The third kappa shape index (κ3) is 4.80. The van der Waals surface area contributed by atoms with E-state index < -0.39 is 0 Å². The fraction of sp³-hybridized carbons (Fsp3) is 0.333. The fourth-order valence-electron chi connectivity index (χ4n) is 5.55. The summed E-state index contributed by atoms with van der Waals surface area (Å²) in [5.74, 6) is 0.872. The minimum absolute atomic E-state index is 0.0765. The quantitative estimate of drug-likeness (QED) is 0.206. The van der Waals surface area contributed by atoms with Crippen molar-refractivity contribution in [2.75, 3.05) is 7.11 Å². The number of hydrogen-bond acceptors (Lipinski definition) is 1. The predicted molar refractivity (Wildman–Crippen MR) is 171 cm³/mol. The van der Waals surface area contributed by atoms with E-state index in [-0.39, 0.29) is 16.2 Å². The van der Waals surface area contributed by atoms with Gasteiger partial charge in [-0.2, -0.15) is 0 Å². The molecule has 5 aromatic rings. The van der Waals surface area contributed by atoms with Gasteiger partial charge < -0.3 is 9.30 Å². The van der Waals surface area contributed by atoms with Gasteiger partial charge >= 0.3 is 0 Å². The second kappa shape index (κ2) is 9.55. The summed E-state index contributed by atoms with van der Waals surface area (Å²) in [6.45, 7) is 18.3. The third-order valence-corrected chi connectivity index (χ3v) is 9.03. The molecule has 0 bridgehead atoms. The molecule has 202 valence electrons. The summed E-state index contributed by atoms with van der Waals surface area (Å²) in [6, 6.07) is 29.1. The first-order valence-corrected chi connectivity index (χ1v) is 14.6. The summed E-state index contributed by atoms with van der Waals surface area (Å²) < 4.78 is 8.95. The molecule has 39 heavy (non-hydrogen) atoms. The van der Waals surface area contributed by atoms with Crippen molar-refractivity contribution in [2.24, 2.45) is 0 Å². The molecule has 4 aromatic carbocycles. The number of methoxy groups -OCH3 is 1. The molecule has 0 atom stereocenters. The Balaban J connectivity index is 1.78. The summed E-state index contributed by atoms with van der Waals surface area (Å²) in [4.78, 5) is 0. The van der Waals surface area contributed by atoms with Crippen LogP contribution in [0.2, 0.25) is 0 Å². The standard InChI is InChI=1S/C36H40BrNO/c1-34(2,3)24-15-19-30-27(21-24)28-22-25(35(4,5)6)16-20-31(28)38(30)32-12-10-11-29(33(32)37)36(7,8)23-13-17-26(39-9)18-14-23/h10-22H,1-9H3. The van der Waals surface area contributed by atoms with E-state index in [4.69, 9.17) is 4.74 Å². The summed E-state index contributed by atoms with van der Waals surface area (Å²) in [7, 11) is 1.71. The van der Waals surface area contributed by atoms with Gasteiger partial charge in [0.25, 0.3) is 0 Å². The van der Waals surface area contributed by atoms with Crippen LogP contribution in [0.1, 0.15) is 77.6 Å². The number of hydrogen-bond donors (Lipinski definition) is 0. The maximum Gasteiger partial charge on any atom is 0.118 e. The number of fused-ring (bicyclic) bond motifs is 3. The van der Waals surface area contributed by atoms with Crippen LogP contribution in [-0.2, 0) is 16.2 Å². The average molecular weight is 583 g/mol. The number of benzene rings is 4. The van der Waals surface area contributed by atoms with Crippen molar-refractivity contribution in [3.63, 3.8) is 0 Å². The molecule has 1 aromatic heterocycles. The zero-order valence-corrected chi connectivity index (χ0v) is 26.3. The van der Waals surface area contributed by atoms with Gasteiger partial charge in [0, 0.05) is 20.7 Å². The van der Waals surface area contributed by atoms with Gasteiger partial charge in [0.05, 0.1) is 23.8 Å². The molecule has 5 rings (SSSR count). The van der Waals surface area contributed by atoms with E-state index in [1.54, 1.807) is 7.11 Å². The number of ether oxygens (including phenoxy) is 1. The maximum atomic E-state index is 5.41. The van der Waals surface area contributed by atoms with Gasteiger partial charge in [-0.3, -0.25) is 0 Å². The first-order chi connectivity index (χ1) is 18.2. The average Bonchev–Trinajstić information content (AvgIpc) is 3.20. The van der Waals surface area contributed by atoms with Gasteiger partial charge in [0.15, 0.2) is 0 Å². The van der Waals surface area contributed by atoms with E-state index in [0.29, 0.717) is 0 Å². The third-order valence-electron chi connectivity index (χ3n) is 8.20. The highest BCUT2D eigenvalue weighted by Gasteiger charge is 2.28. The van der Waals surface area contributed by atoms with E-state index in [9.17, 15) is 0 Å². The minimum Gasteiger partial charge on any atom is -0.497 e. The van der Waals surface area contributed by atoms with Crippen molar-refractivity contribution in [1.29, 1.82) is 0 Å². The Morgan fingerprint density at radius 1 is 0.615 bits per heavy atom. The predicted octanol–water partition coefficient (Wildman–Crippen LogP) is 10.5. The van der Waals surface area contributed by atoms with E-state index in [0.717, 1.165) is 15.9 Å². The van der Waals surface area contributed by atoms with Crippen LogP contribution in [0, 0.1) is 0 Å². The van der Waals surface area contributed by atoms with E-state index >= 15 is 0 Å². The first-order valence-electron chi connectivity index (χ1n) is 13.8. The summed E-state index contributed by atoms with van der Waals surface area (Å²) in [5, 5.41) is 2.60. The van der Waals surface area contributed by atoms with Gasteiger partial charge in [0.2, 0.25) is 0 Å². The molecule has 0 aliphatic heterocycles. The lowest BCUT2D eigenvalue weighted by atomic mass is 9.78. The molecule has 0 unspecified atom stereocenters. The molecular weight excluding hydrogens is 542 g/mol. The lowest BCUT2D eigenvalue weighted by Gasteiger charge is -2.29. The molecule has 1 heterocycles. The second-order valence-electron chi connectivity index (χ2n) is 13.3. The van der Waals surface area contributed by atoms with Gasteiger partial charge in [0.1, 0.15) is 5.75 Å². The molecule has 0 saturated heterocycles. The van der Waals surface area contributed by atoms with Gasteiger partial charge in [-0.1, -0.05) is 91.8 Å².